The van der Waals surface area contributed by atoms with Crippen LogP contribution in [0.5, 0.6) is 0 Å². The van der Waals surface area contributed by atoms with Crippen molar-refractivity contribution in [2.45, 2.75) is 18.4 Å². The van der Waals surface area contributed by atoms with E-state index in [9.17, 15) is 5.11 Å². The van der Waals surface area contributed by atoms with Crippen LogP contribution in [0, 0.1) is 11.3 Å². The Bertz CT molecular complexity index is 462. The van der Waals surface area contributed by atoms with Gasteiger partial charge in [0.25, 0.3) is 0 Å². The highest BCUT2D eigenvalue weighted by molar-refractivity contribution is 5.68. The van der Waals surface area contributed by atoms with Gasteiger partial charge in [-0.2, -0.15) is 5.26 Å². The van der Waals surface area contributed by atoms with Crippen LogP contribution in [0.2, 0.25) is 0 Å². The number of ether oxygens (including phenoxy) is 1. The Hall–Kier alpha value is -1.77. The molecule has 1 aromatic rings. The van der Waals surface area contributed by atoms with Gasteiger partial charge in [-0.15, -0.1) is 0 Å². The van der Waals surface area contributed by atoms with Crippen LogP contribution in [0.4, 0.5) is 11.4 Å². The van der Waals surface area contributed by atoms with E-state index in [0.717, 1.165) is 5.69 Å². The van der Waals surface area contributed by atoms with E-state index in [1.54, 1.807) is 18.2 Å². The van der Waals surface area contributed by atoms with Gasteiger partial charge in [-0.3, -0.25) is 0 Å². The Morgan fingerprint density at radius 2 is 2.17 bits per heavy atom. The summed E-state index contributed by atoms with van der Waals surface area (Å²) in [6.07, 6.45) is 1.24. The molecule has 0 bridgehead atoms. The second-order valence-electron chi connectivity index (χ2n) is 4.60. The summed E-state index contributed by atoms with van der Waals surface area (Å²) in [7, 11) is 0. The summed E-state index contributed by atoms with van der Waals surface area (Å²) in [6, 6.07) is 7.12. The summed E-state index contributed by atoms with van der Waals surface area (Å²) < 4.78 is 5.22. The molecule has 5 nitrogen and oxygen atoms in total. The second-order valence-corrected chi connectivity index (χ2v) is 4.60. The molecule has 2 rings (SSSR count). The van der Waals surface area contributed by atoms with E-state index in [1.807, 2.05) is 6.07 Å². The number of nitrogens with zero attached hydrogens (tertiary/aromatic N) is 1. The van der Waals surface area contributed by atoms with Crippen molar-refractivity contribution < 1.29 is 9.84 Å². The summed E-state index contributed by atoms with van der Waals surface area (Å²) in [5.41, 5.74) is 6.89. The highest BCUT2D eigenvalue weighted by Crippen LogP contribution is 2.24. The van der Waals surface area contributed by atoms with Crippen molar-refractivity contribution in [3.63, 3.8) is 0 Å². The molecule has 18 heavy (non-hydrogen) atoms. The van der Waals surface area contributed by atoms with Crippen molar-refractivity contribution in [3.05, 3.63) is 23.8 Å². The molecule has 0 spiro atoms. The maximum absolute atomic E-state index is 10.3. The fraction of sp³-hybridized carbons (Fsp3) is 0.462. The third-order valence-electron chi connectivity index (χ3n) is 3.21. The lowest BCUT2D eigenvalue weighted by atomic mass is 9.94. The first-order chi connectivity index (χ1) is 8.63. The normalized spacial score (nSPS) is 18.0. The quantitative estimate of drug-likeness (QED) is 0.695. The molecule has 0 aliphatic carbocycles. The number of rotatable bonds is 3. The van der Waals surface area contributed by atoms with Gasteiger partial charge in [0, 0.05) is 32.6 Å². The van der Waals surface area contributed by atoms with E-state index in [2.05, 4.69) is 5.32 Å². The molecule has 0 unspecified atom stereocenters. The van der Waals surface area contributed by atoms with Crippen LogP contribution in [0.1, 0.15) is 18.4 Å². The number of nitriles is 1. The Balaban J connectivity index is 2.00. The minimum Gasteiger partial charge on any atom is -0.397 e. The molecule has 0 saturated carbocycles. The summed E-state index contributed by atoms with van der Waals surface area (Å²) in [6.45, 7) is 1.61. The molecule has 1 fully saturated rings. The number of aliphatic hydroxyl groups is 1. The van der Waals surface area contributed by atoms with E-state index in [4.69, 9.17) is 15.7 Å². The first-order valence-corrected chi connectivity index (χ1v) is 5.97. The van der Waals surface area contributed by atoms with Crippen LogP contribution in [0.25, 0.3) is 0 Å². The summed E-state index contributed by atoms with van der Waals surface area (Å²) in [5, 5.41) is 22.2. The molecule has 0 radical (unpaired) electrons. The van der Waals surface area contributed by atoms with Gasteiger partial charge in [0.1, 0.15) is 0 Å². The van der Waals surface area contributed by atoms with Gasteiger partial charge in [0.2, 0.25) is 0 Å². The fourth-order valence-electron chi connectivity index (χ4n) is 1.98. The zero-order valence-corrected chi connectivity index (χ0v) is 10.1. The SMILES string of the molecule is N#Cc1ccc(NCC2(O)CCOCC2)c(N)c1. The summed E-state index contributed by atoms with van der Waals surface area (Å²) in [5.74, 6) is 0. The maximum Gasteiger partial charge on any atom is 0.0992 e. The fourth-order valence-corrected chi connectivity index (χ4v) is 1.98. The van der Waals surface area contributed by atoms with Crippen LogP contribution < -0.4 is 11.1 Å². The lowest BCUT2D eigenvalue weighted by molar-refractivity contribution is -0.0543. The van der Waals surface area contributed by atoms with Crippen molar-refractivity contribution in [1.29, 1.82) is 5.26 Å². The molecule has 0 aromatic heterocycles. The van der Waals surface area contributed by atoms with Crippen LogP contribution in [0.3, 0.4) is 0 Å². The Morgan fingerprint density at radius 3 is 2.78 bits per heavy atom. The van der Waals surface area contributed by atoms with E-state index < -0.39 is 5.60 Å². The molecule has 4 N–H and O–H groups in total. The van der Waals surface area contributed by atoms with Crippen molar-refractivity contribution in [1.82, 2.24) is 0 Å². The first kappa shape index (κ1) is 12.7. The number of nitrogen functional groups attached to an aromatic ring is 1. The predicted octanol–water partition coefficient (Wildman–Crippen LogP) is 1.09. The largest absolute Gasteiger partial charge is 0.397 e. The second kappa shape index (κ2) is 5.25. The molecule has 1 saturated heterocycles. The molecule has 0 atom stereocenters. The molecule has 1 aliphatic heterocycles. The van der Waals surface area contributed by atoms with Gasteiger partial charge in [0.15, 0.2) is 0 Å². The molecule has 1 aliphatic rings. The van der Waals surface area contributed by atoms with E-state index >= 15 is 0 Å². The number of benzene rings is 1. The summed E-state index contributed by atoms with van der Waals surface area (Å²) >= 11 is 0. The Labute approximate surface area is 106 Å². The molecular formula is C13H17N3O2. The van der Waals surface area contributed by atoms with E-state index in [-0.39, 0.29) is 0 Å². The van der Waals surface area contributed by atoms with Crippen molar-refractivity contribution in [2.75, 3.05) is 30.8 Å². The van der Waals surface area contributed by atoms with Crippen molar-refractivity contribution in [2.24, 2.45) is 0 Å². The van der Waals surface area contributed by atoms with Crippen LogP contribution in [-0.4, -0.2) is 30.5 Å². The molecular weight excluding hydrogens is 230 g/mol. The van der Waals surface area contributed by atoms with Crippen LogP contribution >= 0.6 is 0 Å². The molecule has 5 heteroatoms. The lowest BCUT2D eigenvalue weighted by Gasteiger charge is -2.32. The maximum atomic E-state index is 10.3. The van der Waals surface area contributed by atoms with Crippen molar-refractivity contribution in [3.8, 4) is 6.07 Å². The lowest BCUT2D eigenvalue weighted by Crippen LogP contribution is -2.42. The van der Waals surface area contributed by atoms with E-state index in [0.29, 0.717) is 43.9 Å². The van der Waals surface area contributed by atoms with Gasteiger partial charge in [-0.25, -0.2) is 0 Å². The number of nitrogens with one attached hydrogen (secondary N) is 1. The highest BCUT2D eigenvalue weighted by Gasteiger charge is 2.29. The zero-order valence-electron chi connectivity index (χ0n) is 10.1. The Morgan fingerprint density at radius 1 is 1.44 bits per heavy atom. The third-order valence-corrected chi connectivity index (χ3v) is 3.21. The standard InChI is InChI=1S/C13H17N3O2/c14-8-10-1-2-12(11(15)7-10)16-9-13(17)3-5-18-6-4-13/h1-2,7,16-17H,3-6,9,15H2. The molecule has 1 aromatic carbocycles. The third kappa shape index (κ3) is 2.92. The van der Waals surface area contributed by atoms with E-state index in [1.165, 1.54) is 0 Å². The number of anilines is 2. The van der Waals surface area contributed by atoms with Crippen LogP contribution in [-0.2, 0) is 4.74 Å². The zero-order chi connectivity index (χ0) is 13.0. The predicted molar refractivity (Wildman–Crippen MR) is 69.1 cm³/mol. The van der Waals surface area contributed by atoms with Gasteiger partial charge >= 0.3 is 0 Å². The number of nitrogens with two attached hydrogens (primary N) is 1. The van der Waals surface area contributed by atoms with Gasteiger partial charge in [-0.05, 0) is 18.2 Å². The minimum atomic E-state index is -0.738. The van der Waals surface area contributed by atoms with Crippen molar-refractivity contribution >= 4 is 11.4 Å². The average Bonchev–Trinajstić information content (AvgIpc) is 2.38. The summed E-state index contributed by atoms with van der Waals surface area (Å²) in [4.78, 5) is 0. The molecule has 0 amide bonds. The monoisotopic (exact) mass is 247 g/mol. The van der Waals surface area contributed by atoms with Gasteiger partial charge in [-0.1, -0.05) is 0 Å². The number of hydrogen-bond donors (Lipinski definition) is 3. The highest BCUT2D eigenvalue weighted by atomic mass is 16.5. The molecule has 1 heterocycles. The molecule has 96 valence electrons. The Kier molecular flexibility index (Phi) is 3.70. The minimum absolute atomic E-state index is 0.437. The number of hydrogen-bond acceptors (Lipinski definition) is 5. The topological polar surface area (TPSA) is 91.3 Å². The van der Waals surface area contributed by atoms with Gasteiger partial charge in [0.05, 0.1) is 28.6 Å². The average molecular weight is 247 g/mol. The van der Waals surface area contributed by atoms with Gasteiger partial charge < -0.3 is 20.9 Å². The smallest absolute Gasteiger partial charge is 0.0992 e. The first-order valence-electron chi connectivity index (χ1n) is 5.97. The van der Waals surface area contributed by atoms with Crippen LogP contribution in [0.15, 0.2) is 18.2 Å².